The lowest BCUT2D eigenvalue weighted by Gasteiger charge is -2.06. The first-order valence-electron chi connectivity index (χ1n) is 3.32. The van der Waals surface area contributed by atoms with Crippen molar-refractivity contribution in [2.75, 3.05) is 5.75 Å². The molecule has 4 nitrogen and oxygen atoms in total. The second kappa shape index (κ2) is 3.10. The Balaban J connectivity index is 2.76. The summed E-state index contributed by atoms with van der Waals surface area (Å²) in [5, 5.41) is 8.06. The molecule has 68 valence electrons. The Morgan fingerprint density at radius 3 is 2.75 bits per heavy atom. The van der Waals surface area contributed by atoms with Crippen molar-refractivity contribution in [3.63, 3.8) is 0 Å². The minimum atomic E-state index is -3.03. The van der Waals surface area contributed by atoms with Crippen LogP contribution in [-0.4, -0.2) is 24.6 Å². The lowest BCUT2D eigenvalue weighted by atomic mass is 10.3. The largest absolute Gasteiger partial charge is 0.379 e. The van der Waals surface area contributed by atoms with Gasteiger partial charge in [0.2, 0.25) is 0 Å². The van der Waals surface area contributed by atoms with E-state index in [9.17, 15) is 8.42 Å². The van der Waals surface area contributed by atoms with Gasteiger partial charge in [0.15, 0.2) is 15.0 Å². The van der Waals surface area contributed by atoms with Crippen molar-refractivity contribution in [1.29, 1.82) is 5.41 Å². The van der Waals surface area contributed by atoms with Crippen LogP contribution in [0.3, 0.4) is 0 Å². The van der Waals surface area contributed by atoms with Crippen molar-refractivity contribution >= 4 is 26.8 Å². The van der Waals surface area contributed by atoms with Gasteiger partial charge in [-0.3, -0.25) is 5.41 Å². The van der Waals surface area contributed by atoms with Crippen molar-refractivity contribution in [1.82, 2.24) is 0 Å². The van der Waals surface area contributed by atoms with Gasteiger partial charge in [0.1, 0.15) is 0 Å². The molecule has 0 fully saturated rings. The van der Waals surface area contributed by atoms with Crippen LogP contribution in [-0.2, 0) is 9.84 Å². The molecule has 0 saturated carbocycles. The summed E-state index contributed by atoms with van der Waals surface area (Å²) in [5.74, 6) is 0.0725. The molecule has 0 aromatic carbocycles. The van der Waals surface area contributed by atoms with Gasteiger partial charge < -0.3 is 5.73 Å². The van der Waals surface area contributed by atoms with Crippen molar-refractivity contribution in [2.45, 2.75) is 12.2 Å². The smallest absolute Gasteiger partial charge is 0.173 e. The van der Waals surface area contributed by atoms with Gasteiger partial charge in [-0.25, -0.2) is 8.42 Å². The Labute approximate surface area is 75.6 Å². The summed E-state index contributed by atoms with van der Waals surface area (Å²) in [6.45, 7) is 1.74. The molecule has 3 N–H and O–H groups in total. The number of rotatable bonds is 1. The molecule has 0 spiro atoms. The average molecular weight is 206 g/mol. The molecule has 1 aliphatic heterocycles. The maximum absolute atomic E-state index is 11.0. The molecule has 0 radical (unpaired) electrons. The number of hydrogen-bond donors (Lipinski definition) is 2. The molecule has 1 rings (SSSR count). The van der Waals surface area contributed by atoms with E-state index in [1.807, 2.05) is 0 Å². The van der Waals surface area contributed by atoms with Gasteiger partial charge in [-0.1, -0.05) is 11.8 Å². The summed E-state index contributed by atoms with van der Waals surface area (Å²) >= 11 is 1.09. The van der Waals surface area contributed by atoms with Crippen LogP contribution in [0.25, 0.3) is 0 Å². The van der Waals surface area contributed by atoms with E-state index < -0.39 is 9.84 Å². The van der Waals surface area contributed by atoms with Gasteiger partial charge in [-0.15, -0.1) is 0 Å². The standard InChI is InChI=1S/C6H10N2O2S2/c1-4-2-12(9,10)3-5(4)11-6(7)8/h2,5H,3H2,1H3,(H3,7,8)/t5-/m0/s1. The fourth-order valence-corrected chi connectivity index (χ4v) is 4.03. The van der Waals surface area contributed by atoms with Gasteiger partial charge in [-0.2, -0.15) is 0 Å². The maximum Gasteiger partial charge on any atom is 0.173 e. The van der Waals surface area contributed by atoms with Crippen molar-refractivity contribution < 1.29 is 8.42 Å². The number of hydrogen-bond acceptors (Lipinski definition) is 4. The summed E-state index contributed by atoms with van der Waals surface area (Å²) in [5.41, 5.74) is 5.92. The topological polar surface area (TPSA) is 84.0 Å². The first kappa shape index (κ1) is 9.60. The average Bonchev–Trinajstić information content (AvgIpc) is 2.03. The minimum Gasteiger partial charge on any atom is -0.379 e. The number of nitrogens with one attached hydrogen (secondary N) is 1. The summed E-state index contributed by atoms with van der Waals surface area (Å²) in [6.07, 6.45) is 0. The highest BCUT2D eigenvalue weighted by Crippen LogP contribution is 2.27. The number of sulfone groups is 1. The third-order valence-corrected chi connectivity index (χ3v) is 4.34. The van der Waals surface area contributed by atoms with E-state index in [1.165, 1.54) is 5.41 Å². The third-order valence-electron chi connectivity index (χ3n) is 1.53. The zero-order valence-corrected chi connectivity index (χ0v) is 8.21. The normalized spacial score (nSPS) is 26.8. The highest BCUT2D eigenvalue weighted by molar-refractivity contribution is 8.15. The minimum absolute atomic E-state index is 0.0372. The molecule has 0 unspecified atom stereocenters. The first-order chi connectivity index (χ1) is 5.41. The van der Waals surface area contributed by atoms with Crippen LogP contribution >= 0.6 is 11.8 Å². The van der Waals surface area contributed by atoms with E-state index in [-0.39, 0.29) is 16.2 Å². The van der Waals surface area contributed by atoms with E-state index in [1.54, 1.807) is 6.92 Å². The molecule has 12 heavy (non-hydrogen) atoms. The fourth-order valence-electron chi connectivity index (χ4n) is 1.03. The summed E-state index contributed by atoms with van der Waals surface area (Å²) in [6, 6.07) is 0. The SMILES string of the molecule is CC1=CS(=O)(=O)C[C@@H]1SC(=N)N. The Morgan fingerprint density at radius 2 is 2.42 bits per heavy atom. The molecular weight excluding hydrogens is 196 g/mol. The van der Waals surface area contributed by atoms with Crippen LogP contribution in [0.2, 0.25) is 0 Å². The fraction of sp³-hybridized carbons (Fsp3) is 0.500. The second-order valence-corrected chi connectivity index (χ2v) is 5.80. The molecule has 0 aliphatic carbocycles. The molecule has 0 aromatic rings. The number of nitrogens with two attached hydrogens (primary N) is 1. The monoisotopic (exact) mass is 206 g/mol. The molecule has 1 aliphatic rings. The van der Waals surface area contributed by atoms with E-state index in [0.717, 1.165) is 17.3 Å². The van der Waals surface area contributed by atoms with Gasteiger partial charge >= 0.3 is 0 Å². The predicted octanol–water partition coefficient (Wildman–Crippen LogP) is 0.314. The summed E-state index contributed by atoms with van der Waals surface area (Å²) < 4.78 is 22.1. The Kier molecular flexibility index (Phi) is 2.48. The third kappa shape index (κ3) is 2.25. The molecular formula is C6H10N2O2S2. The van der Waals surface area contributed by atoms with Crippen LogP contribution in [0.15, 0.2) is 11.0 Å². The zero-order valence-electron chi connectivity index (χ0n) is 6.57. The van der Waals surface area contributed by atoms with Crippen LogP contribution in [0, 0.1) is 5.41 Å². The lowest BCUT2D eigenvalue weighted by Crippen LogP contribution is -2.16. The Bertz CT molecular complexity index is 331. The molecule has 0 aromatic heterocycles. The zero-order chi connectivity index (χ0) is 9.35. The van der Waals surface area contributed by atoms with E-state index in [2.05, 4.69) is 0 Å². The Morgan fingerprint density at radius 1 is 1.83 bits per heavy atom. The van der Waals surface area contributed by atoms with Gasteiger partial charge in [0.25, 0.3) is 0 Å². The second-order valence-electron chi connectivity index (χ2n) is 2.66. The van der Waals surface area contributed by atoms with Crippen LogP contribution in [0.5, 0.6) is 0 Å². The molecule has 6 heteroatoms. The maximum atomic E-state index is 11.0. The van der Waals surface area contributed by atoms with Crippen molar-refractivity contribution in [2.24, 2.45) is 5.73 Å². The van der Waals surface area contributed by atoms with Crippen molar-refractivity contribution in [3.8, 4) is 0 Å². The van der Waals surface area contributed by atoms with Crippen LogP contribution < -0.4 is 5.73 Å². The number of thioether (sulfide) groups is 1. The van der Waals surface area contributed by atoms with Gasteiger partial charge in [-0.05, 0) is 12.5 Å². The first-order valence-corrected chi connectivity index (χ1v) is 5.92. The van der Waals surface area contributed by atoms with Crippen LogP contribution in [0.4, 0.5) is 0 Å². The quantitative estimate of drug-likeness (QED) is 0.478. The highest BCUT2D eigenvalue weighted by Gasteiger charge is 2.27. The molecule has 1 atom stereocenters. The Hall–Kier alpha value is -0.490. The highest BCUT2D eigenvalue weighted by atomic mass is 32.2. The molecule has 0 amide bonds. The van der Waals surface area contributed by atoms with E-state index in [0.29, 0.717) is 0 Å². The lowest BCUT2D eigenvalue weighted by molar-refractivity contribution is 0.606. The van der Waals surface area contributed by atoms with E-state index in [4.69, 9.17) is 11.1 Å². The molecule has 1 heterocycles. The summed E-state index contributed by atoms with van der Waals surface area (Å²) in [4.78, 5) is 0. The molecule has 0 saturated heterocycles. The predicted molar refractivity (Wildman–Crippen MR) is 50.8 cm³/mol. The van der Waals surface area contributed by atoms with E-state index >= 15 is 0 Å². The molecule has 0 bridgehead atoms. The van der Waals surface area contributed by atoms with Gasteiger partial charge in [0, 0.05) is 10.7 Å². The van der Waals surface area contributed by atoms with Crippen molar-refractivity contribution in [3.05, 3.63) is 11.0 Å². The van der Waals surface area contributed by atoms with Gasteiger partial charge in [0.05, 0.1) is 5.75 Å². The number of amidine groups is 1. The van der Waals surface area contributed by atoms with Crippen LogP contribution in [0.1, 0.15) is 6.92 Å². The summed E-state index contributed by atoms with van der Waals surface area (Å²) in [7, 11) is -3.03.